The van der Waals surface area contributed by atoms with Crippen LogP contribution in [0.4, 0.5) is 0 Å². The van der Waals surface area contributed by atoms with Crippen LogP contribution < -0.4 is 14.2 Å². The van der Waals surface area contributed by atoms with E-state index in [1.165, 1.54) is 27.4 Å². The van der Waals surface area contributed by atoms with Crippen molar-refractivity contribution in [3.05, 3.63) is 48.0 Å². The number of hydrogen-bond acceptors (Lipinski definition) is 10. The minimum absolute atomic E-state index is 0.0741. The van der Waals surface area contributed by atoms with Crippen LogP contribution >= 0.6 is 0 Å². The summed E-state index contributed by atoms with van der Waals surface area (Å²) in [6, 6.07) is 11.5. The van der Waals surface area contributed by atoms with E-state index in [4.69, 9.17) is 28.4 Å². The van der Waals surface area contributed by atoms with Crippen molar-refractivity contribution in [2.24, 2.45) is 0 Å². The number of aliphatic hydroxyl groups is 3. The van der Waals surface area contributed by atoms with E-state index in [9.17, 15) is 20.4 Å². The van der Waals surface area contributed by atoms with Gasteiger partial charge >= 0.3 is 0 Å². The second-order valence-corrected chi connectivity index (χ2v) is 7.43. The molecule has 1 aliphatic rings. The number of para-hydroxylation sites is 2. The molecule has 10 heteroatoms. The number of ether oxygens (including phenoxy) is 6. The number of rotatable bonds is 10. The van der Waals surface area contributed by atoms with Gasteiger partial charge in [0.25, 0.3) is 0 Å². The Balaban J connectivity index is 1.94. The van der Waals surface area contributed by atoms with E-state index in [1.54, 1.807) is 36.4 Å². The van der Waals surface area contributed by atoms with Crippen LogP contribution in [0.1, 0.15) is 11.7 Å². The summed E-state index contributed by atoms with van der Waals surface area (Å²) < 4.78 is 33.2. The van der Waals surface area contributed by atoms with Crippen molar-refractivity contribution in [3.63, 3.8) is 0 Å². The monoisotopic (exact) mass is 466 g/mol. The standard InChI is InChI=1S/C23H30O10/c1-28-15-6-4-5-7-16(15)32-18(11-24)22(13-8-9-14(25)17(10-13)29-2)33-19-12-31-23(30-3)21(27)20(19)26/h4-10,18-27H,11-12H2,1-3H3/t18-,19-,20+,21-,22+,23-/m1/s1. The van der Waals surface area contributed by atoms with Crippen LogP contribution in [0.3, 0.4) is 0 Å². The molecule has 0 amide bonds. The van der Waals surface area contributed by atoms with Gasteiger partial charge in [-0.1, -0.05) is 18.2 Å². The summed E-state index contributed by atoms with van der Waals surface area (Å²) in [5, 5.41) is 41.1. The third-order valence-electron chi connectivity index (χ3n) is 5.39. The first-order valence-electron chi connectivity index (χ1n) is 10.4. The fourth-order valence-corrected chi connectivity index (χ4v) is 3.61. The molecule has 0 saturated carbocycles. The topological polar surface area (TPSA) is 136 Å². The molecule has 0 unspecified atom stereocenters. The van der Waals surface area contributed by atoms with Gasteiger partial charge in [-0.25, -0.2) is 0 Å². The number of hydrogen-bond donors (Lipinski definition) is 4. The highest BCUT2D eigenvalue weighted by Gasteiger charge is 2.42. The summed E-state index contributed by atoms with van der Waals surface area (Å²) in [5.74, 6) is 0.941. The number of aromatic hydroxyl groups is 1. The second-order valence-electron chi connectivity index (χ2n) is 7.43. The Morgan fingerprint density at radius 2 is 1.67 bits per heavy atom. The minimum atomic E-state index is -1.34. The Morgan fingerprint density at radius 1 is 0.970 bits per heavy atom. The molecule has 1 aliphatic heterocycles. The fraction of sp³-hybridized carbons (Fsp3) is 0.478. The van der Waals surface area contributed by atoms with E-state index < -0.39 is 43.4 Å². The molecule has 0 spiro atoms. The van der Waals surface area contributed by atoms with Gasteiger partial charge < -0.3 is 48.8 Å². The van der Waals surface area contributed by atoms with Crippen LogP contribution in [0.2, 0.25) is 0 Å². The predicted molar refractivity (Wildman–Crippen MR) is 116 cm³/mol. The molecular formula is C23H30O10. The van der Waals surface area contributed by atoms with E-state index >= 15 is 0 Å². The molecular weight excluding hydrogens is 436 g/mol. The first kappa shape index (κ1) is 25.0. The van der Waals surface area contributed by atoms with Gasteiger partial charge in [0.15, 0.2) is 35.4 Å². The molecule has 1 saturated heterocycles. The van der Waals surface area contributed by atoms with Gasteiger partial charge in [-0.15, -0.1) is 0 Å². The number of phenols is 1. The number of phenolic OH excluding ortho intramolecular Hbond substituents is 1. The van der Waals surface area contributed by atoms with Gasteiger partial charge in [0.2, 0.25) is 0 Å². The summed E-state index contributed by atoms with van der Waals surface area (Å²) >= 11 is 0. The lowest BCUT2D eigenvalue weighted by molar-refractivity contribution is -0.279. The molecule has 1 heterocycles. The third-order valence-corrected chi connectivity index (χ3v) is 5.39. The molecule has 0 radical (unpaired) electrons. The third kappa shape index (κ3) is 5.67. The van der Waals surface area contributed by atoms with Crippen molar-refractivity contribution in [2.75, 3.05) is 34.5 Å². The Hall–Kier alpha value is -2.60. The lowest BCUT2D eigenvalue weighted by Gasteiger charge is -2.39. The number of aliphatic hydroxyl groups excluding tert-OH is 3. The van der Waals surface area contributed by atoms with E-state index in [2.05, 4.69) is 0 Å². The first-order chi connectivity index (χ1) is 15.9. The van der Waals surface area contributed by atoms with Crippen LogP contribution in [0.25, 0.3) is 0 Å². The van der Waals surface area contributed by atoms with E-state index in [1.807, 2.05) is 0 Å². The van der Waals surface area contributed by atoms with Gasteiger partial charge in [0, 0.05) is 7.11 Å². The summed E-state index contributed by atoms with van der Waals surface area (Å²) in [7, 11) is 4.26. The molecule has 0 aliphatic carbocycles. The molecule has 6 atom stereocenters. The van der Waals surface area contributed by atoms with Crippen molar-refractivity contribution in [1.82, 2.24) is 0 Å². The zero-order chi connectivity index (χ0) is 24.0. The summed E-state index contributed by atoms with van der Waals surface area (Å²) in [6.45, 7) is -0.534. The molecule has 4 N–H and O–H groups in total. The Labute approximate surface area is 191 Å². The van der Waals surface area contributed by atoms with Crippen LogP contribution in [-0.4, -0.2) is 85.7 Å². The normalized spacial score (nSPS) is 24.7. The van der Waals surface area contributed by atoms with Crippen molar-refractivity contribution >= 4 is 0 Å². The zero-order valence-electron chi connectivity index (χ0n) is 18.7. The maximum absolute atomic E-state index is 10.6. The first-order valence-corrected chi connectivity index (χ1v) is 10.4. The van der Waals surface area contributed by atoms with Gasteiger partial charge in [0.1, 0.15) is 24.4 Å². The SMILES string of the molecule is COc1cc([C@H](O[C@@H]2CO[C@@H](OC)[C@H](O)[C@H]2O)[C@@H](CO)Oc2ccccc2OC)ccc1O. The maximum atomic E-state index is 10.6. The van der Waals surface area contributed by atoms with Crippen molar-refractivity contribution in [3.8, 4) is 23.0 Å². The molecule has 0 bridgehead atoms. The molecule has 0 aromatic heterocycles. The smallest absolute Gasteiger partial charge is 0.185 e. The molecule has 1 fully saturated rings. The van der Waals surface area contributed by atoms with Crippen LogP contribution in [-0.2, 0) is 14.2 Å². The largest absolute Gasteiger partial charge is 0.504 e. The van der Waals surface area contributed by atoms with Gasteiger partial charge in [-0.05, 0) is 29.8 Å². The van der Waals surface area contributed by atoms with Crippen LogP contribution in [0.15, 0.2) is 42.5 Å². The van der Waals surface area contributed by atoms with Crippen molar-refractivity contribution < 1.29 is 48.8 Å². The average Bonchev–Trinajstić information content (AvgIpc) is 2.84. The molecule has 3 rings (SSSR count). The van der Waals surface area contributed by atoms with Crippen LogP contribution in [0, 0.1) is 0 Å². The van der Waals surface area contributed by atoms with Gasteiger partial charge in [-0.3, -0.25) is 0 Å². The van der Waals surface area contributed by atoms with Crippen molar-refractivity contribution in [2.45, 2.75) is 36.8 Å². The lowest BCUT2D eigenvalue weighted by Crippen LogP contribution is -2.55. The number of benzene rings is 2. The highest BCUT2D eigenvalue weighted by molar-refractivity contribution is 5.43. The molecule has 33 heavy (non-hydrogen) atoms. The molecule has 2 aromatic rings. The van der Waals surface area contributed by atoms with E-state index in [0.29, 0.717) is 17.1 Å². The fourth-order valence-electron chi connectivity index (χ4n) is 3.61. The van der Waals surface area contributed by atoms with Crippen molar-refractivity contribution in [1.29, 1.82) is 0 Å². The summed E-state index contributed by atoms with van der Waals surface area (Å²) in [4.78, 5) is 0. The highest BCUT2D eigenvalue weighted by Crippen LogP contribution is 2.36. The molecule has 182 valence electrons. The quantitative estimate of drug-likeness (QED) is 0.401. The summed E-state index contributed by atoms with van der Waals surface area (Å²) in [5.41, 5.74) is 0.495. The maximum Gasteiger partial charge on any atom is 0.185 e. The number of methoxy groups -OCH3 is 3. The van der Waals surface area contributed by atoms with Gasteiger partial charge in [0.05, 0.1) is 27.4 Å². The van der Waals surface area contributed by atoms with E-state index in [0.717, 1.165) is 0 Å². The predicted octanol–water partition coefficient (Wildman–Crippen LogP) is 1.00. The highest BCUT2D eigenvalue weighted by atomic mass is 16.7. The lowest BCUT2D eigenvalue weighted by atomic mass is 10.0. The Morgan fingerprint density at radius 3 is 2.30 bits per heavy atom. The Kier molecular flexibility index (Phi) is 8.73. The average molecular weight is 466 g/mol. The molecule has 10 nitrogen and oxygen atoms in total. The second kappa shape index (κ2) is 11.5. The van der Waals surface area contributed by atoms with Gasteiger partial charge in [-0.2, -0.15) is 0 Å². The van der Waals surface area contributed by atoms with E-state index in [-0.39, 0.29) is 18.1 Å². The molecule has 2 aromatic carbocycles. The van der Waals surface area contributed by atoms with Crippen LogP contribution in [0.5, 0.6) is 23.0 Å². The summed E-state index contributed by atoms with van der Waals surface area (Å²) in [6.07, 6.45) is -6.54. The Bertz CT molecular complexity index is 891. The zero-order valence-corrected chi connectivity index (χ0v) is 18.7. The minimum Gasteiger partial charge on any atom is -0.504 e.